The van der Waals surface area contributed by atoms with Crippen LogP contribution in [0, 0.1) is 0 Å². The third-order valence-electron chi connectivity index (χ3n) is 7.28. The number of hydrogen-bond acceptors (Lipinski definition) is 5. The van der Waals surface area contributed by atoms with Gasteiger partial charge in [0.1, 0.15) is 0 Å². The lowest BCUT2D eigenvalue weighted by Crippen LogP contribution is -2.03. The highest BCUT2D eigenvalue weighted by molar-refractivity contribution is 5.85. The number of rotatable bonds is 29. The summed E-state index contributed by atoms with van der Waals surface area (Å²) in [4.78, 5) is 21.4. The van der Waals surface area contributed by atoms with Crippen LogP contribution in [-0.2, 0) is 14.3 Å². The number of hydrogen-bond donors (Lipinski definition) is 3. The number of nitrogens with one attached hydrogen (secondary N) is 2. The zero-order valence-corrected chi connectivity index (χ0v) is 32.4. The predicted octanol–water partition coefficient (Wildman–Crippen LogP) is 11.7. The van der Waals surface area contributed by atoms with E-state index in [-0.39, 0.29) is 18.4 Å². The van der Waals surface area contributed by atoms with Gasteiger partial charge in [-0.05, 0) is 48.0 Å². The van der Waals surface area contributed by atoms with Gasteiger partial charge in [0.15, 0.2) is 0 Å². The topological polar surface area (TPSA) is 87.7 Å². The third kappa shape index (κ3) is 70.7. The second-order valence-corrected chi connectivity index (χ2v) is 12.2. The smallest absolute Gasteiger partial charge is 0.305 e. The van der Waals surface area contributed by atoms with Crippen LogP contribution in [0.2, 0.25) is 0 Å². The summed E-state index contributed by atoms with van der Waals surface area (Å²) in [5, 5.41) is 14.0. The average Bonchev–Trinajstić information content (AvgIpc) is 2.99. The highest BCUT2D eigenvalue weighted by atomic mass is 35.5. The molecular formula is C38H83ClN2O4. The van der Waals surface area contributed by atoms with Gasteiger partial charge in [0.25, 0.3) is 0 Å². The molecule has 0 unspecified atom stereocenters. The van der Waals surface area contributed by atoms with Crippen molar-refractivity contribution in [1.29, 1.82) is 0 Å². The first-order chi connectivity index (χ1) is 21.4. The molecule has 0 saturated carbocycles. The van der Waals surface area contributed by atoms with Gasteiger partial charge >= 0.3 is 11.9 Å². The summed E-state index contributed by atoms with van der Waals surface area (Å²) in [7, 11) is 7.50. The first-order valence-corrected chi connectivity index (χ1v) is 19.0. The first kappa shape index (κ1) is 53.6. The van der Waals surface area contributed by atoms with Gasteiger partial charge in [-0.1, -0.05) is 168 Å². The Kier molecular flexibility index (Phi) is 66.2. The molecule has 0 fully saturated rings. The van der Waals surface area contributed by atoms with E-state index in [1.54, 1.807) is 0 Å². The van der Waals surface area contributed by atoms with Crippen LogP contribution in [0.25, 0.3) is 0 Å². The van der Waals surface area contributed by atoms with Crippen LogP contribution in [-0.4, -0.2) is 51.8 Å². The van der Waals surface area contributed by atoms with E-state index in [4.69, 9.17) is 9.84 Å². The first-order valence-electron chi connectivity index (χ1n) is 19.0. The largest absolute Gasteiger partial charge is 0.481 e. The zero-order chi connectivity index (χ0) is 33.8. The van der Waals surface area contributed by atoms with Crippen molar-refractivity contribution >= 4 is 24.3 Å². The van der Waals surface area contributed by atoms with Crippen molar-refractivity contribution in [2.45, 2.75) is 201 Å². The lowest BCUT2D eigenvalue weighted by atomic mass is 10.0. The van der Waals surface area contributed by atoms with E-state index in [0.29, 0.717) is 19.4 Å². The molecule has 0 atom stereocenters. The van der Waals surface area contributed by atoms with Crippen LogP contribution in [0.4, 0.5) is 0 Å². The molecule has 0 saturated heterocycles. The molecule has 0 aromatic heterocycles. The molecule has 3 N–H and O–H groups in total. The summed E-state index contributed by atoms with van der Waals surface area (Å²) in [6.07, 6.45) is 35.3. The number of carbonyl (C=O) groups is 2. The van der Waals surface area contributed by atoms with Gasteiger partial charge in [0.05, 0.1) is 6.61 Å². The Bertz CT molecular complexity index is 508. The van der Waals surface area contributed by atoms with E-state index in [1.165, 1.54) is 148 Å². The molecule has 0 bridgehead atoms. The Morgan fingerprint density at radius 2 is 0.667 bits per heavy atom. The normalized spacial score (nSPS) is 9.84. The fourth-order valence-electron chi connectivity index (χ4n) is 4.81. The van der Waals surface area contributed by atoms with Crippen LogP contribution in [0.5, 0.6) is 0 Å². The molecule has 0 aromatic carbocycles. The fraction of sp³-hybridized carbons (Fsp3) is 0.947. The van der Waals surface area contributed by atoms with Gasteiger partial charge in [-0.25, -0.2) is 0 Å². The van der Waals surface area contributed by atoms with E-state index in [1.807, 2.05) is 35.1 Å². The lowest BCUT2D eigenvalue weighted by Gasteiger charge is -2.03. The summed E-state index contributed by atoms with van der Waals surface area (Å²) < 4.78 is 4.91. The van der Waals surface area contributed by atoms with Crippen LogP contribution in [0.1, 0.15) is 201 Å². The molecule has 0 aromatic rings. The highest BCUT2D eigenvalue weighted by Gasteiger charge is 2.00. The summed E-state index contributed by atoms with van der Waals surface area (Å²) in [5.41, 5.74) is 0. The van der Waals surface area contributed by atoms with E-state index < -0.39 is 5.97 Å². The monoisotopic (exact) mass is 667 g/mol. The number of carbonyl (C=O) groups excluding carboxylic acids is 1. The fourth-order valence-corrected chi connectivity index (χ4v) is 4.81. The minimum Gasteiger partial charge on any atom is -0.481 e. The second-order valence-electron chi connectivity index (χ2n) is 12.2. The number of aliphatic carboxylic acids is 1. The quantitative estimate of drug-likeness (QED) is 0.0544. The maximum Gasteiger partial charge on any atom is 0.305 e. The van der Waals surface area contributed by atoms with Crippen molar-refractivity contribution in [3.63, 3.8) is 0 Å². The summed E-state index contributed by atoms with van der Waals surface area (Å²) in [6.45, 7) is 6.90. The van der Waals surface area contributed by atoms with Crippen molar-refractivity contribution in [1.82, 2.24) is 10.6 Å². The Morgan fingerprint density at radius 1 is 0.444 bits per heavy atom. The second kappa shape index (κ2) is 55.5. The Hall–Kier alpha value is -0.850. The van der Waals surface area contributed by atoms with Crippen molar-refractivity contribution in [3.05, 3.63) is 0 Å². The van der Waals surface area contributed by atoms with Crippen molar-refractivity contribution in [2.24, 2.45) is 0 Å². The molecule has 0 aliphatic heterocycles. The van der Waals surface area contributed by atoms with Crippen molar-refractivity contribution in [2.75, 3.05) is 34.8 Å². The average molecular weight is 668 g/mol. The molecule has 6 nitrogen and oxygen atoms in total. The number of esters is 1. The molecule has 0 spiro atoms. The van der Waals surface area contributed by atoms with Gasteiger partial charge in [0, 0.05) is 12.8 Å². The number of halogens is 1. The number of unbranched alkanes of at least 4 members (excludes halogenated alkanes) is 24. The minimum absolute atomic E-state index is 0. The maximum absolute atomic E-state index is 11.1. The standard InChI is InChI=1S/C18H36O2.C16H32O2.2C2H7N.ClH/c1-3-5-6-7-8-9-10-11-12-13-14-15-16-17-18(19)20-4-2;1-2-3-4-5-6-7-8-9-10-11-12-13-14-15-16(17)18;2*1-3-2;/h3-17H2,1-2H3;2-15H2,1H3,(H,17,18);2*3H,1-2H3;1H. The summed E-state index contributed by atoms with van der Waals surface area (Å²) >= 11 is 0. The van der Waals surface area contributed by atoms with Gasteiger partial charge < -0.3 is 20.5 Å². The summed E-state index contributed by atoms with van der Waals surface area (Å²) in [5.74, 6) is -0.686. The highest BCUT2D eigenvalue weighted by Crippen LogP contribution is 2.14. The molecule has 0 aliphatic carbocycles. The summed E-state index contributed by atoms with van der Waals surface area (Å²) in [6, 6.07) is 0. The minimum atomic E-state index is -0.655. The van der Waals surface area contributed by atoms with Gasteiger partial charge in [0.2, 0.25) is 0 Å². The number of carboxylic acid groups (broad SMARTS) is 1. The van der Waals surface area contributed by atoms with E-state index in [9.17, 15) is 9.59 Å². The molecule has 276 valence electrons. The van der Waals surface area contributed by atoms with Crippen LogP contribution >= 0.6 is 12.4 Å². The Labute approximate surface area is 289 Å². The molecular weight excluding hydrogens is 584 g/mol. The zero-order valence-electron chi connectivity index (χ0n) is 31.6. The molecule has 45 heavy (non-hydrogen) atoms. The van der Waals surface area contributed by atoms with Crippen LogP contribution in [0.3, 0.4) is 0 Å². The number of ether oxygens (including phenoxy) is 1. The maximum atomic E-state index is 11.1. The molecule has 0 heterocycles. The predicted molar refractivity (Wildman–Crippen MR) is 202 cm³/mol. The molecule has 7 heteroatoms. The molecule has 0 amide bonds. The molecule has 0 radical (unpaired) electrons. The third-order valence-corrected chi connectivity index (χ3v) is 7.28. The van der Waals surface area contributed by atoms with E-state index in [2.05, 4.69) is 24.5 Å². The van der Waals surface area contributed by atoms with Crippen LogP contribution < -0.4 is 10.6 Å². The van der Waals surface area contributed by atoms with Gasteiger partial charge in [-0.3, -0.25) is 9.59 Å². The Balaban J connectivity index is -0.000000198. The number of carboxylic acids is 1. The van der Waals surface area contributed by atoms with Crippen molar-refractivity contribution in [3.8, 4) is 0 Å². The van der Waals surface area contributed by atoms with E-state index >= 15 is 0 Å². The Morgan fingerprint density at radius 3 is 0.889 bits per heavy atom. The SMILES string of the molecule is CCCCCCCCCCCCCCCC(=O)O.CCCCCCCCCCCCCCCC(=O)OCC.CNC.CNC.Cl. The lowest BCUT2D eigenvalue weighted by molar-refractivity contribution is -0.143. The van der Waals surface area contributed by atoms with E-state index in [0.717, 1.165) is 19.3 Å². The molecule has 0 aliphatic rings. The van der Waals surface area contributed by atoms with Gasteiger partial charge in [-0.2, -0.15) is 0 Å². The van der Waals surface area contributed by atoms with Crippen molar-refractivity contribution < 1.29 is 19.4 Å². The molecule has 0 rings (SSSR count). The van der Waals surface area contributed by atoms with Crippen LogP contribution in [0.15, 0.2) is 0 Å². The van der Waals surface area contributed by atoms with Gasteiger partial charge in [-0.15, -0.1) is 12.4 Å².